The summed E-state index contributed by atoms with van der Waals surface area (Å²) >= 11 is 0. The third-order valence-electron chi connectivity index (χ3n) is 3.36. The summed E-state index contributed by atoms with van der Waals surface area (Å²) < 4.78 is 14.9. The number of halogens is 1. The molecule has 0 spiro atoms. The molecule has 0 atom stereocenters. The van der Waals surface area contributed by atoms with Gasteiger partial charge in [-0.1, -0.05) is 13.0 Å². The quantitative estimate of drug-likeness (QED) is 0.804. The number of nitrogens with zero attached hydrogens (tertiary/aromatic N) is 3. The van der Waals surface area contributed by atoms with Gasteiger partial charge in [0.1, 0.15) is 17.2 Å². The number of hydrogen-bond donors (Lipinski definition) is 1. The molecule has 112 valence electrons. The van der Waals surface area contributed by atoms with Gasteiger partial charge < -0.3 is 5.32 Å². The van der Waals surface area contributed by atoms with E-state index in [1.807, 2.05) is 25.1 Å². The van der Waals surface area contributed by atoms with E-state index in [-0.39, 0.29) is 5.91 Å². The van der Waals surface area contributed by atoms with Crippen LogP contribution in [0.4, 0.5) is 4.39 Å². The van der Waals surface area contributed by atoms with Crippen molar-refractivity contribution in [1.29, 1.82) is 0 Å². The second-order valence-electron chi connectivity index (χ2n) is 4.84. The Labute approximate surface area is 126 Å². The number of carbonyl (C=O) groups is 1. The van der Waals surface area contributed by atoms with Crippen LogP contribution in [0, 0.1) is 5.82 Å². The normalized spacial score (nSPS) is 10.8. The van der Waals surface area contributed by atoms with E-state index in [0.717, 1.165) is 5.69 Å². The molecule has 1 N–H and O–H groups in total. The highest BCUT2D eigenvalue weighted by atomic mass is 19.1. The lowest BCUT2D eigenvalue weighted by molar-refractivity contribution is 0.0943. The standard InChI is InChI=1S/C16H15FN4O/c1-2-13-15(21-10-11(17)6-7-14(21)20-13)16(22)19-9-12-5-3-4-8-18-12/h3-8,10H,2,9H2,1H3,(H,19,22). The zero-order chi connectivity index (χ0) is 15.5. The summed E-state index contributed by atoms with van der Waals surface area (Å²) in [5, 5.41) is 2.80. The number of fused-ring (bicyclic) bond motifs is 1. The van der Waals surface area contributed by atoms with Crippen LogP contribution in [0.15, 0.2) is 42.7 Å². The molecule has 6 heteroatoms. The number of amides is 1. The van der Waals surface area contributed by atoms with Gasteiger partial charge in [-0.25, -0.2) is 9.37 Å². The van der Waals surface area contributed by atoms with E-state index in [9.17, 15) is 9.18 Å². The summed E-state index contributed by atoms with van der Waals surface area (Å²) in [5.74, 6) is -0.702. The van der Waals surface area contributed by atoms with E-state index in [1.54, 1.807) is 12.3 Å². The molecule has 0 aromatic carbocycles. The Hall–Kier alpha value is -2.76. The zero-order valence-electron chi connectivity index (χ0n) is 12.1. The van der Waals surface area contributed by atoms with E-state index in [1.165, 1.54) is 16.7 Å². The van der Waals surface area contributed by atoms with Gasteiger partial charge in [-0.05, 0) is 30.7 Å². The van der Waals surface area contributed by atoms with E-state index in [0.29, 0.717) is 30.0 Å². The van der Waals surface area contributed by atoms with Crippen molar-refractivity contribution >= 4 is 11.6 Å². The average molecular weight is 298 g/mol. The average Bonchev–Trinajstić information content (AvgIpc) is 2.91. The molecule has 0 aliphatic carbocycles. The number of carbonyl (C=O) groups excluding carboxylic acids is 1. The van der Waals surface area contributed by atoms with E-state index in [2.05, 4.69) is 15.3 Å². The minimum Gasteiger partial charge on any atom is -0.345 e. The molecule has 22 heavy (non-hydrogen) atoms. The topological polar surface area (TPSA) is 59.3 Å². The van der Waals surface area contributed by atoms with Gasteiger partial charge in [-0.3, -0.25) is 14.2 Å². The largest absolute Gasteiger partial charge is 0.345 e. The molecule has 0 unspecified atom stereocenters. The first-order valence-corrected chi connectivity index (χ1v) is 7.03. The lowest BCUT2D eigenvalue weighted by atomic mass is 10.2. The molecule has 0 radical (unpaired) electrons. The summed E-state index contributed by atoms with van der Waals surface area (Å²) in [5.41, 5.74) is 2.33. The van der Waals surface area contributed by atoms with Crippen molar-refractivity contribution in [2.24, 2.45) is 0 Å². The Morgan fingerprint density at radius 3 is 2.91 bits per heavy atom. The molecule has 3 aromatic heterocycles. The van der Waals surface area contributed by atoms with E-state index < -0.39 is 5.82 Å². The molecule has 0 bridgehead atoms. The number of aromatic nitrogens is 3. The highest BCUT2D eigenvalue weighted by Gasteiger charge is 2.18. The van der Waals surface area contributed by atoms with Crippen molar-refractivity contribution in [3.63, 3.8) is 0 Å². The molecule has 0 fully saturated rings. The summed E-state index contributed by atoms with van der Waals surface area (Å²) in [6.07, 6.45) is 3.54. The molecule has 3 rings (SSSR count). The lowest BCUT2D eigenvalue weighted by Gasteiger charge is -2.06. The van der Waals surface area contributed by atoms with Gasteiger partial charge in [0, 0.05) is 12.4 Å². The highest BCUT2D eigenvalue weighted by molar-refractivity contribution is 5.94. The van der Waals surface area contributed by atoms with Crippen LogP contribution in [0.2, 0.25) is 0 Å². The van der Waals surface area contributed by atoms with Crippen LogP contribution in [0.3, 0.4) is 0 Å². The summed E-state index contributed by atoms with van der Waals surface area (Å²) in [4.78, 5) is 21.0. The molecule has 0 aliphatic heterocycles. The Kier molecular flexibility index (Phi) is 3.82. The molecule has 0 saturated heterocycles. The fourth-order valence-corrected chi connectivity index (χ4v) is 2.31. The van der Waals surface area contributed by atoms with Crippen LogP contribution in [-0.4, -0.2) is 20.3 Å². The van der Waals surface area contributed by atoms with Crippen molar-refractivity contribution in [3.05, 3.63) is 65.6 Å². The smallest absolute Gasteiger partial charge is 0.270 e. The number of rotatable bonds is 4. The first-order valence-electron chi connectivity index (χ1n) is 7.03. The summed E-state index contributed by atoms with van der Waals surface area (Å²) in [6.45, 7) is 2.22. The van der Waals surface area contributed by atoms with Gasteiger partial charge in [-0.15, -0.1) is 0 Å². The van der Waals surface area contributed by atoms with Gasteiger partial charge in [0.2, 0.25) is 0 Å². The molecular weight excluding hydrogens is 283 g/mol. The van der Waals surface area contributed by atoms with E-state index in [4.69, 9.17) is 0 Å². The van der Waals surface area contributed by atoms with Crippen LogP contribution < -0.4 is 5.32 Å². The fourth-order valence-electron chi connectivity index (χ4n) is 2.31. The van der Waals surface area contributed by atoms with Crippen LogP contribution in [0.5, 0.6) is 0 Å². The maximum atomic E-state index is 13.5. The maximum absolute atomic E-state index is 13.5. The Balaban J connectivity index is 1.91. The molecule has 3 aromatic rings. The number of hydrogen-bond acceptors (Lipinski definition) is 3. The Morgan fingerprint density at radius 2 is 2.18 bits per heavy atom. The lowest BCUT2D eigenvalue weighted by Crippen LogP contribution is -2.25. The molecule has 1 amide bonds. The Morgan fingerprint density at radius 1 is 1.32 bits per heavy atom. The number of nitrogens with one attached hydrogen (secondary N) is 1. The van der Waals surface area contributed by atoms with Crippen LogP contribution in [0.1, 0.15) is 28.8 Å². The first kappa shape index (κ1) is 14.2. The van der Waals surface area contributed by atoms with Crippen LogP contribution in [-0.2, 0) is 13.0 Å². The second kappa shape index (κ2) is 5.93. The van der Waals surface area contributed by atoms with Crippen molar-refractivity contribution in [2.45, 2.75) is 19.9 Å². The second-order valence-corrected chi connectivity index (χ2v) is 4.84. The molecule has 0 saturated carbocycles. The van der Waals surface area contributed by atoms with Crippen molar-refractivity contribution in [1.82, 2.24) is 19.7 Å². The fraction of sp³-hybridized carbons (Fsp3) is 0.188. The summed E-state index contributed by atoms with van der Waals surface area (Å²) in [7, 11) is 0. The number of imidazole rings is 1. The first-order chi connectivity index (χ1) is 10.7. The predicted molar refractivity (Wildman–Crippen MR) is 79.9 cm³/mol. The predicted octanol–water partition coefficient (Wildman–Crippen LogP) is 2.36. The van der Waals surface area contributed by atoms with Crippen LogP contribution >= 0.6 is 0 Å². The Bertz CT molecular complexity index is 814. The molecule has 5 nitrogen and oxygen atoms in total. The van der Waals surface area contributed by atoms with Gasteiger partial charge in [-0.2, -0.15) is 0 Å². The third-order valence-corrected chi connectivity index (χ3v) is 3.36. The zero-order valence-corrected chi connectivity index (χ0v) is 12.1. The SMILES string of the molecule is CCc1nc2ccc(F)cn2c1C(=O)NCc1ccccn1. The van der Waals surface area contributed by atoms with Crippen molar-refractivity contribution in [3.8, 4) is 0 Å². The molecular formula is C16H15FN4O. The van der Waals surface area contributed by atoms with Gasteiger partial charge in [0.05, 0.1) is 17.9 Å². The number of aryl methyl sites for hydroxylation is 1. The minimum absolute atomic E-state index is 0.291. The van der Waals surface area contributed by atoms with Crippen LogP contribution in [0.25, 0.3) is 5.65 Å². The molecule has 3 heterocycles. The summed E-state index contributed by atoms with van der Waals surface area (Å²) in [6, 6.07) is 8.39. The number of pyridine rings is 2. The van der Waals surface area contributed by atoms with Gasteiger partial charge in [0.15, 0.2) is 0 Å². The maximum Gasteiger partial charge on any atom is 0.270 e. The highest BCUT2D eigenvalue weighted by Crippen LogP contribution is 2.14. The minimum atomic E-state index is -0.411. The molecule has 0 aliphatic rings. The third kappa shape index (κ3) is 2.67. The van der Waals surface area contributed by atoms with E-state index >= 15 is 0 Å². The van der Waals surface area contributed by atoms with Crippen molar-refractivity contribution in [2.75, 3.05) is 0 Å². The monoisotopic (exact) mass is 298 g/mol. The van der Waals surface area contributed by atoms with Crippen molar-refractivity contribution < 1.29 is 9.18 Å². The van der Waals surface area contributed by atoms with Gasteiger partial charge >= 0.3 is 0 Å². The van der Waals surface area contributed by atoms with Gasteiger partial charge in [0.25, 0.3) is 5.91 Å².